The Hall–Kier alpha value is -0.610. The average Bonchev–Trinajstić information content (AvgIpc) is 3.09. The molecule has 1 amide bonds. The molecule has 18 heavy (non-hydrogen) atoms. The number of primary amides is 1. The molecule has 0 aliphatic heterocycles. The van der Waals surface area contributed by atoms with Crippen molar-refractivity contribution in [1.29, 1.82) is 0 Å². The lowest BCUT2D eigenvalue weighted by molar-refractivity contribution is -0.126. The number of hydrogen-bond acceptors (Lipinski definition) is 3. The third kappa shape index (κ3) is 3.23. The van der Waals surface area contributed by atoms with Gasteiger partial charge in [-0.1, -0.05) is 0 Å². The van der Waals surface area contributed by atoms with E-state index in [9.17, 15) is 4.79 Å². The fourth-order valence-corrected chi connectivity index (χ4v) is 2.97. The smallest absolute Gasteiger partial charge is 0.239 e. The number of nitrogens with zero attached hydrogens (tertiary/aromatic N) is 1. The van der Waals surface area contributed by atoms with E-state index >= 15 is 0 Å². The van der Waals surface area contributed by atoms with Crippen molar-refractivity contribution in [2.45, 2.75) is 51.1 Å². The molecule has 3 N–H and O–H groups in total. The summed E-state index contributed by atoms with van der Waals surface area (Å²) < 4.78 is 0. The Morgan fingerprint density at radius 2 is 2.00 bits per heavy atom. The van der Waals surface area contributed by atoms with Gasteiger partial charge in [-0.2, -0.15) is 0 Å². The monoisotopic (exact) mass is 253 g/mol. The zero-order valence-corrected chi connectivity index (χ0v) is 11.9. The second-order valence-electron chi connectivity index (χ2n) is 6.55. The first kappa shape index (κ1) is 13.8. The molecule has 104 valence electrons. The molecule has 2 fully saturated rings. The van der Waals surface area contributed by atoms with Gasteiger partial charge in [0.05, 0.1) is 0 Å². The Labute approximate surface area is 110 Å². The van der Waals surface area contributed by atoms with Crippen LogP contribution in [0.2, 0.25) is 0 Å². The number of nitrogens with two attached hydrogens (primary N) is 1. The average molecular weight is 253 g/mol. The van der Waals surface area contributed by atoms with Gasteiger partial charge in [-0.05, 0) is 58.4 Å². The van der Waals surface area contributed by atoms with Crippen LogP contribution in [0.15, 0.2) is 0 Å². The molecular weight excluding hydrogens is 226 g/mol. The summed E-state index contributed by atoms with van der Waals surface area (Å²) in [5.74, 6) is 1.10. The van der Waals surface area contributed by atoms with Gasteiger partial charge in [0, 0.05) is 19.1 Å². The topological polar surface area (TPSA) is 58.4 Å². The van der Waals surface area contributed by atoms with Crippen molar-refractivity contribution in [3.63, 3.8) is 0 Å². The number of hydrogen-bond donors (Lipinski definition) is 2. The summed E-state index contributed by atoms with van der Waals surface area (Å²) in [5.41, 5.74) is 5.21. The highest BCUT2D eigenvalue weighted by atomic mass is 16.1. The van der Waals surface area contributed by atoms with E-state index in [4.69, 9.17) is 5.73 Å². The summed E-state index contributed by atoms with van der Waals surface area (Å²) >= 11 is 0. The minimum absolute atomic E-state index is 0.179. The number of likely N-dealkylation sites (N-methyl/N-ethyl adjacent to an activating group) is 1. The van der Waals surface area contributed by atoms with E-state index in [2.05, 4.69) is 31.1 Å². The van der Waals surface area contributed by atoms with E-state index in [-0.39, 0.29) is 11.9 Å². The van der Waals surface area contributed by atoms with Crippen LogP contribution in [0, 0.1) is 11.8 Å². The molecule has 0 saturated heterocycles. The summed E-state index contributed by atoms with van der Waals surface area (Å²) in [4.78, 5) is 14.3. The molecule has 0 aromatic heterocycles. The van der Waals surface area contributed by atoms with E-state index in [1.54, 1.807) is 0 Å². The molecule has 0 radical (unpaired) electrons. The van der Waals surface area contributed by atoms with Crippen molar-refractivity contribution in [3.8, 4) is 0 Å². The van der Waals surface area contributed by atoms with Crippen LogP contribution in [0.5, 0.6) is 0 Å². The van der Waals surface area contributed by atoms with Crippen LogP contribution in [-0.2, 0) is 4.79 Å². The molecule has 2 saturated carbocycles. The molecule has 4 heteroatoms. The Balaban J connectivity index is 2.03. The van der Waals surface area contributed by atoms with Gasteiger partial charge in [0.15, 0.2) is 0 Å². The summed E-state index contributed by atoms with van der Waals surface area (Å²) in [6.07, 6.45) is 4.93. The first-order valence-corrected chi connectivity index (χ1v) is 7.20. The molecule has 0 bridgehead atoms. The predicted octanol–water partition coefficient (Wildman–Crippen LogP) is 0.960. The van der Waals surface area contributed by atoms with Crippen molar-refractivity contribution in [3.05, 3.63) is 0 Å². The van der Waals surface area contributed by atoms with E-state index in [0.717, 1.165) is 31.8 Å². The molecule has 2 aliphatic rings. The minimum Gasteiger partial charge on any atom is -0.368 e. The maximum absolute atomic E-state index is 12.0. The summed E-state index contributed by atoms with van der Waals surface area (Å²) in [5, 5.41) is 3.46. The minimum atomic E-state index is -0.516. The number of nitrogens with one attached hydrogen (secondary N) is 1. The van der Waals surface area contributed by atoms with Crippen molar-refractivity contribution >= 4 is 5.91 Å². The van der Waals surface area contributed by atoms with Crippen LogP contribution >= 0.6 is 0 Å². The van der Waals surface area contributed by atoms with Crippen molar-refractivity contribution in [1.82, 2.24) is 10.2 Å². The van der Waals surface area contributed by atoms with Gasteiger partial charge in [-0.25, -0.2) is 0 Å². The fourth-order valence-electron chi connectivity index (χ4n) is 2.97. The molecule has 1 atom stereocenters. The Morgan fingerprint density at radius 1 is 1.39 bits per heavy atom. The number of carbonyl (C=O) groups excluding carboxylic acids is 1. The lowest BCUT2D eigenvalue weighted by Crippen LogP contribution is -2.64. The molecule has 0 aromatic rings. The van der Waals surface area contributed by atoms with Crippen LogP contribution in [0.4, 0.5) is 0 Å². The molecule has 0 heterocycles. The van der Waals surface area contributed by atoms with Crippen LogP contribution < -0.4 is 11.1 Å². The lowest BCUT2D eigenvalue weighted by atomic mass is 9.90. The lowest BCUT2D eigenvalue weighted by Gasteiger charge is -2.37. The largest absolute Gasteiger partial charge is 0.368 e. The quantitative estimate of drug-likeness (QED) is 0.677. The van der Waals surface area contributed by atoms with E-state index in [1.165, 1.54) is 12.8 Å². The van der Waals surface area contributed by atoms with E-state index in [1.807, 2.05) is 0 Å². The van der Waals surface area contributed by atoms with Crippen molar-refractivity contribution in [2.24, 2.45) is 17.6 Å². The zero-order chi connectivity index (χ0) is 13.3. The standard InChI is InChI=1S/C14H27N3O/c1-10(2)16-14(13(15)18,12-6-7-12)9-17(3)8-11-4-5-11/h10-12,16H,4-9H2,1-3H3,(H2,15,18). The van der Waals surface area contributed by atoms with Crippen molar-refractivity contribution < 1.29 is 4.79 Å². The Morgan fingerprint density at radius 3 is 2.39 bits per heavy atom. The van der Waals surface area contributed by atoms with E-state index in [0.29, 0.717) is 5.92 Å². The fraction of sp³-hybridized carbons (Fsp3) is 0.929. The molecule has 1 unspecified atom stereocenters. The van der Waals surface area contributed by atoms with E-state index < -0.39 is 5.54 Å². The molecular formula is C14H27N3O. The number of amides is 1. The van der Waals surface area contributed by atoms with Crippen LogP contribution in [0.1, 0.15) is 39.5 Å². The summed E-state index contributed by atoms with van der Waals surface area (Å²) in [6.45, 7) is 6.02. The predicted molar refractivity (Wildman–Crippen MR) is 73.1 cm³/mol. The summed E-state index contributed by atoms with van der Waals surface area (Å²) in [6, 6.07) is 0.285. The van der Waals surface area contributed by atoms with Crippen LogP contribution in [0.3, 0.4) is 0 Å². The Bertz CT molecular complexity index is 310. The first-order valence-electron chi connectivity index (χ1n) is 7.20. The van der Waals surface area contributed by atoms with Crippen LogP contribution in [0.25, 0.3) is 0 Å². The second-order valence-corrected chi connectivity index (χ2v) is 6.55. The van der Waals surface area contributed by atoms with Gasteiger partial charge in [0.25, 0.3) is 0 Å². The third-order valence-corrected chi connectivity index (χ3v) is 4.05. The van der Waals surface area contributed by atoms with Gasteiger partial charge in [0.2, 0.25) is 5.91 Å². The van der Waals surface area contributed by atoms with Crippen molar-refractivity contribution in [2.75, 3.05) is 20.1 Å². The summed E-state index contributed by atoms with van der Waals surface area (Å²) in [7, 11) is 2.11. The zero-order valence-electron chi connectivity index (χ0n) is 11.9. The van der Waals surface area contributed by atoms with Crippen LogP contribution in [-0.4, -0.2) is 42.5 Å². The third-order valence-electron chi connectivity index (χ3n) is 4.05. The Kier molecular flexibility index (Phi) is 3.97. The highest BCUT2D eigenvalue weighted by molar-refractivity contribution is 5.86. The number of rotatable bonds is 8. The second kappa shape index (κ2) is 5.17. The maximum atomic E-state index is 12.0. The SMILES string of the molecule is CC(C)NC(CN(C)CC1CC1)(C(N)=O)C1CC1. The first-order chi connectivity index (χ1) is 8.44. The normalized spacial score (nSPS) is 23.4. The van der Waals surface area contributed by atoms with Gasteiger partial charge in [0.1, 0.15) is 5.54 Å². The molecule has 2 rings (SSSR count). The maximum Gasteiger partial charge on any atom is 0.239 e. The molecule has 0 aromatic carbocycles. The molecule has 0 spiro atoms. The highest BCUT2D eigenvalue weighted by Crippen LogP contribution is 2.41. The van der Waals surface area contributed by atoms with Gasteiger partial charge < -0.3 is 10.6 Å². The highest BCUT2D eigenvalue weighted by Gasteiger charge is 2.50. The van der Waals surface area contributed by atoms with Gasteiger partial charge in [-0.15, -0.1) is 0 Å². The van der Waals surface area contributed by atoms with Gasteiger partial charge >= 0.3 is 0 Å². The molecule has 2 aliphatic carbocycles. The number of carbonyl (C=O) groups is 1. The molecule has 4 nitrogen and oxygen atoms in total. The van der Waals surface area contributed by atoms with Gasteiger partial charge in [-0.3, -0.25) is 10.1 Å².